The maximum absolute atomic E-state index is 13.7. The molecule has 0 spiro atoms. The summed E-state index contributed by atoms with van der Waals surface area (Å²) in [4.78, 5) is 30.9. The first kappa shape index (κ1) is 28.2. The number of hydrogen-bond donors (Lipinski definition) is 0. The quantitative estimate of drug-likeness (QED) is 0.328. The highest BCUT2D eigenvalue weighted by atomic mass is 35.5. The van der Waals surface area contributed by atoms with Crippen molar-refractivity contribution in [3.63, 3.8) is 0 Å². The molecule has 0 saturated carbocycles. The number of nitrogens with zero attached hydrogens (tertiary/aromatic N) is 3. The van der Waals surface area contributed by atoms with Crippen LogP contribution in [0.5, 0.6) is 5.88 Å². The van der Waals surface area contributed by atoms with Crippen molar-refractivity contribution < 1.29 is 22.7 Å². The zero-order valence-electron chi connectivity index (χ0n) is 20.5. The molecule has 1 amide bonds. The summed E-state index contributed by atoms with van der Waals surface area (Å²) >= 11 is 18.5. The first-order valence-corrected chi connectivity index (χ1v) is 14.2. The molecule has 2 heterocycles. The number of anilines is 1. The van der Waals surface area contributed by atoms with E-state index in [9.17, 15) is 18.0 Å². The predicted octanol–water partition coefficient (Wildman–Crippen LogP) is 5.29. The van der Waals surface area contributed by atoms with Crippen LogP contribution in [0.3, 0.4) is 0 Å². The van der Waals surface area contributed by atoms with Gasteiger partial charge in [0.25, 0.3) is 10.0 Å². The van der Waals surface area contributed by atoms with E-state index in [0.29, 0.717) is 5.56 Å². The smallest absolute Gasteiger partial charge is 0.264 e. The van der Waals surface area contributed by atoms with Crippen LogP contribution in [0.4, 0.5) is 5.69 Å². The number of Topliss-reactive ketones (excluding diaryl/α,β-unsaturated/α-hetero) is 1. The lowest BCUT2D eigenvalue weighted by atomic mass is 10.0. The first-order valence-electron chi connectivity index (χ1n) is 11.6. The van der Waals surface area contributed by atoms with Gasteiger partial charge in [-0.15, -0.1) is 0 Å². The van der Waals surface area contributed by atoms with E-state index < -0.39 is 16.1 Å². The molecule has 3 aromatic rings. The molecule has 1 atom stereocenters. The summed E-state index contributed by atoms with van der Waals surface area (Å²) in [6, 6.07) is 12.3. The van der Waals surface area contributed by atoms with Gasteiger partial charge < -0.3 is 9.64 Å². The van der Waals surface area contributed by atoms with E-state index >= 15 is 0 Å². The zero-order valence-corrected chi connectivity index (χ0v) is 23.6. The average Bonchev–Trinajstić information content (AvgIpc) is 2.86. The van der Waals surface area contributed by atoms with E-state index in [1.807, 2.05) is 0 Å². The highest BCUT2D eigenvalue weighted by Gasteiger charge is 2.36. The normalized spacial score (nSPS) is 15.0. The molecule has 0 saturated heterocycles. The van der Waals surface area contributed by atoms with Crippen LogP contribution in [-0.2, 0) is 21.2 Å². The SMILES string of the molecule is CN(C)C(=O)CC[C@H]1CN(S(=O)(=O)c2cccc(Cl)c2)c2cc(CC(=O)c3c(Cl)cccc3Cl)cnc2O1. The van der Waals surface area contributed by atoms with Gasteiger partial charge in [-0.25, -0.2) is 13.4 Å². The fraction of sp³-hybridized carbons (Fsp3) is 0.269. The minimum absolute atomic E-state index is 0.00898. The van der Waals surface area contributed by atoms with Crippen molar-refractivity contribution in [2.75, 3.05) is 24.9 Å². The summed E-state index contributed by atoms with van der Waals surface area (Å²) in [5.41, 5.74) is 0.801. The summed E-state index contributed by atoms with van der Waals surface area (Å²) < 4.78 is 34.7. The third-order valence-electron chi connectivity index (χ3n) is 5.97. The van der Waals surface area contributed by atoms with Gasteiger partial charge in [0.15, 0.2) is 5.78 Å². The van der Waals surface area contributed by atoms with Crippen LogP contribution < -0.4 is 9.04 Å². The van der Waals surface area contributed by atoms with Crippen LogP contribution in [-0.4, -0.2) is 56.7 Å². The van der Waals surface area contributed by atoms with Crippen molar-refractivity contribution >= 4 is 62.2 Å². The molecule has 1 aliphatic heterocycles. The van der Waals surface area contributed by atoms with E-state index in [-0.39, 0.29) is 74.6 Å². The summed E-state index contributed by atoms with van der Waals surface area (Å²) in [6.07, 6.45) is 1.16. The molecule has 200 valence electrons. The number of benzene rings is 2. The van der Waals surface area contributed by atoms with Crippen LogP contribution in [0.1, 0.15) is 28.8 Å². The largest absolute Gasteiger partial charge is 0.471 e. The van der Waals surface area contributed by atoms with E-state index in [1.54, 1.807) is 50.5 Å². The van der Waals surface area contributed by atoms with Crippen molar-refractivity contribution in [3.8, 4) is 5.88 Å². The van der Waals surface area contributed by atoms with Gasteiger partial charge >= 0.3 is 0 Å². The Labute approximate surface area is 236 Å². The summed E-state index contributed by atoms with van der Waals surface area (Å²) in [5.74, 6) is -0.372. The molecule has 0 N–H and O–H groups in total. The van der Waals surface area contributed by atoms with Gasteiger partial charge in [-0.3, -0.25) is 13.9 Å². The number of carbonyl (C=O) groups is 2. The maximum atomic E-state index is 13.7. The van der Waals surface area contributed by atoms with Gasteiger partial charge in [-0.2, -0.15) is 0 Å². The molecule has 2 aromatic carbocycles. The monoisotopic (exact) mass is 595 g/mol. The fourth-order valence-electron chi connectivity index (χ4n) is 4.01. The second kappa shape index (κ2) is 11.5. The standard InChI is InChI=1S/C26H24Cl3N3O5S/c1-31(2)24(34)10-9-18-15-32(38(35,36)19-6-3-5-17(27)13-19)22-11-16(14-30-26(22)37-18)12-23(33)25-20(28)7-4-8-21(25)29/h3-8,11,13-14,18H,9-10,12,15H2,1-2H3/t18-/m0/s1. The number of carbonyl (C=O) groups excluding carboxylic acids is 2. The molecular weight excluding hydrogens is 573 g/mol. The number of sulfonamides is 1. The number of rotatable bonds is 8. The molecule has 38 heavy (non-hydrogen) atoms. The maximum Gasteiger partial charge on any atom is 0.264 e. The number of fused-ring (bicyclic) bond motifs is 1. The number of halogens is 3. The highest BCUT2D eigenvalue weighted by Crippen LogP contribution is 2.38. The van der Waals surface area contributed by atoms with Crippen molar-refractivity contribution in [1.29, 1.82) is 0 Å². The molecule has 0 unspecified atom stereocenters. The molecule has 0 aliphatic carbocycles. The lowest BCUT2D eigenvalue weighted by Gasteiger charge is -2.35. The summed E-state index contributed by atoms with van der Waals surface area (Å²) in [6.45, 7) is -0.0576. The molecule has 0 fully saturated rings. The van der Waals surface area contributed by atoms with Crippen LogP contribution in [0.15, 0.2) is 59.6 Å². The van der Waals surface area contributed by atoms with Gasteiger partial charge in [0.05, 0.1) is 27.0 Å². The van der Waals surface area contributed by atoms with Crippen molar-refractivity contribution in [2.24, 2.45) is 0 Å². The van der Waals surface area contributed by atoms with Gasteiger partial charge in [0.1, 0.15) is 11.8 Å². The Bertz CT molecular complexity index is 1480. The van der Waals surface area contributed by atoms with E-state index in [0.717, 1.165) is 0 Å². The Morgan fingerprint density at radius 2 is 1.76 bits per heavy atom. The predicted molar refractivity (Wildman–Crippen MR) is 147 cm³/mol. The minimum atomic E-state index is -4.09. The molecule has 0 radical (unpaired) electrons. The second-order valence-corrected chi connectivity index (χ2v) is 12.0. The van der Waals surface area contributed by atoms with Crippen LogP contribution in [0, 0.1) is 0 Å². The number of ketones is 1. The fourth-order valence-corrected chi connectivity index (χ4v) is 6.40. The molecular formula is C26H24Cl3N3O5S. The molecule has 1 aromatic heterocycles. The molecule has 12 heteroatoms. The average molecular weight is 597 g/mol. The van der Waals surface area contributed by atoms with Gasteiger partial charge in [-0.05, 0) is 48.4 Å². The Morgan fingerprint density at radius 3 is 2.42 bits per heavy atom. The molecule has 0 bridgehead atoms. The van der Waals surface area contributed by atoms with Crippen molar-refractivity contribution in [1.82, 2.24) is 9.88 Å². The van der Waals surface area contributed by atoms with Gasteiger partial charge in [0, 0.05) is 38.2 Å². The van der Waals surface area contributed by atoms with Gasteiger partial charge in [0.2, 0.25) is 11.8 Å². The minimum Gasteiger partial charge on any atom is -0.471 e. The lowest BCUT2D eigenvalue weighted by molar-refractivity contribution is -0.129. The van der Waals surface area contributed by atoms with E-state index in [2.05, 4.69) is 4.98 Å². The number of amides is 1. The van der Waals surface area contributed by atoms with E-state index in [1.165, 1.54) is 27.5 Å². The van der Waals surface area contributed by atoms with Crippen LogP contribution in [0.2, 0.25) is 15.1 Å². The Kier molecular flexibility index (Phi) is 8.52. The second-order valence-electron chi connectivity index (χ2n) is 8.92. The van der Waals surface area contributed by atoms with Crippen molar-refractivity contribution in [2.45, 2.75) is 30.3 Å². The first-order chi connectivity index (χ1) is 18.0. The van der Waals surface area contributed by atoms with Crippen molar-refractivity contribution in [3.05, 3.63) is 80.9 Å². The topological polar surface area (TPSA) is 96.9 Å². The highest BCUT2D eigenvalue weighted by molar-refractivity contribution is 7.92. The van der Waals surface area contributed by atoms with Crippen LogP contribution in [0.25, 0.3) is 0 Å². The summed E-state index contributed by atoms with van der Waals surface area (Å²) in [5, 5.41) is 0.704. The third-order valence-corrected chi connectivity index (χ3v) is 8.62. The Balaban J connectivity index is 1.70. The van der Waals surface area contributed by atoms with Crippen LogP contribution >= 0.6 is 34.8 Å². The zero-order chi connectivity index (χ0) is 27.6. The molecule has 1 aliphatic rings. The molecule has 8 nitrogen and oxygen atoms in total. The molecule has 4 rings (SSSR count). The third kappa shape index (κ3) is 6.07. The Morgan fingerprint density at radius 1 is 1.08 bits per heavy atom. The van der Waals surface area contributed by atoms with E-state index in [4.69, 9.17) is 39.5 Å². The number of pyridine rings is 1. The lowest BCUT2D eigenvalue weighted by Crippen LogP contribution is -2.44. The number of hydrogen-bond acceptors (Lipinski definition) is 6. The summed E-state index contributed by atoms with van der Waals surface area (Å²) in [7, 11) is -0.794. The Hall–Kier alpha value is -2.85. The van der Waals surface area contributed by atoms with Gasteiger partial charge in [-0.1, -0.05) is 46.9 Å². The number of ether oxygens (including phenoxy) is 1. The number of aromatic nitrogens is 1.